The van der Waals surface area contributed by atoms with Gasteiger partial charge in [-0.1, -0.05) is 6.07 Å². The van der Waals surface area contributed by atoms with Crippen LogP contribution in [-0.4, -0.2) is 17.9 Å². The first kappa shape index (κ1) is 13.2. The van der Waals surface area contributed by atoms with Crippen molar-refractivity contribution in [2.45, 2.75) is 25.4 Å². The van der Waals surface area contributed by atoms with Crippen molar-refractivity contribution in [2.24, 2.45) is 0 Å². The summed E-state index contributed by atoms with van der Waals surface area (Å²) in [6.07, 6.45) is 0.743. The van der Waals surface area contributed by atoms with Gasteiger partial charge in [-0.05, 0) is 24.1 Å². The number of halogens is 1. The van der Waals surface area contributed by atoms with Crippen molar-refractivity contribution in [2.75, 3.05) is 0 Å². The lowest BCUT2D eigenvalue weighted by atomic mass is 10.1. The average Bonchev–Trinajstić information content (AvgIpc) is 2.39. The van der Waals surface area contributed by atoms with E-state index in [-0.39, 0.29) is 17.4 Å². The molecule has 98 valence electrons. The topological polar surface area (TPSA) is 82.0 Å². The van der Waals surface area contributed by atoms with Crippen molar-refractivity contribution in [1.29, 1.82) is 5.26 Å². The number of carbonyl (C=O) groups is 2. The minimum absolute atomic E-state index is 0.0254. The smallest absolute Gasteiger partial charge is 0.243 e. The van der Waals surface area contributed by atoms with E-state index in [1.165, 1.54) is 12.1 Å². The highest BCUT2D eigenvalue weighted by molar-refractivity contribution is 6.00. The molecule has 0 spiro atoms. The van der Waals surface area contributed by atoms with Crippen molar-refractivity contribution in [3.8, 4) is 6.07 Å². The fraction of sp³-hybridized carbons (Fsp3) is 0.308. The second-order valence-corrected chi connectivity index (χ2v) is 4.31. The van der Waals surface area contributed by atoms with Crippen molar-refractivity contribution in [1.82, 2.24) is 10.6 Å². The number of amides is 2. The summed E-state index contributed by atoms with van der Waals surface area (Å²) >= 11 is 0. The molecule has 1 unspecified atom stereocenters. The Morgan fingerprint density at radius 3 is 2.95 bits per heavy atom. The van der Waals surface area contributed by atoms with Gasteiger partial charge in [0, 0.05) is 13.0 Å². The summed E-state index contributed by atoms with van der Waals surface area (Å²) in [6, 6.07) is 5.54. The zero-order chi connectivity index (χ0) is 13.8. The molecule has 1 aromatic carbocycles. The average molecular weight is 261 g/mol. The van der Waals surface area contributed by atoms with E-state index >= 15 is 0 Å². The molecule has 2 amide bonds. The summed E-state index contributed by atoms with van der Waals surface area (Å²) in [5.74, 6) is -1.18. The van der Waals surface area contributed by atoms with Gasteiger partial charge < -0.3 is 5.32 Å². The van der Waals surface area contributed by atoms with Gasteiger partial charge in [0.05, 0.1) is 11.6 Å². The molecule has 5 nitrogen and oxygen atoms in total. The highest BCUT2D eigenvalue weighted by Gasteiger charge is 2.25. The van der Waals surface area contributed by atoms with Crippen LogP contribution in [0.1, 0.15) is 24.0 Å². The number of hydrogen-bond donors (Lipinski definition) is 2. The maximum Gasteiger partial charge on any atom is 0.243 e. The second kappa shape index (κ2) is 5.59. The Bertz CT molecular complexity index is 565. The van der Waals surface area contributed by atoms with Gasteiger partial charge in [0.15, 0.2) is 0 Å². The Kier molecular flexibility index (Phi) is 3.88. The molecule has 1 aliphatic rings. The molecule has 2 rings (SSSR count). The number of nitriles is 1. The lowest BCUT2D eigenvalue weighted by Gasteiger charge is -2.21. The zero-order valence-electron chi connectivity index (χ0n) is 10.1. The Balaban J connectivity index is 1.97. The molecule has 1 fully saturated rings. The molecule has 1 saturated heterocycles. The molecular formula is C13H12FN3O2. The van der Waals surface area contributed by atoms with Crippen LogP contribution in [0.2, 0.25) is 0 Å². The third kappa shape index (κ3) is 3.14. The quantitative estimate of drug-likeness (QED) is 0.780. The number of benzene rings is 1. The van der Waals surface area contributed by atoms with E-state index in [0.29, 0.717) is 24.9 Å². The molecule has 0 radical (unpaired) electrons. The standard InChI is InChI=1S/C13H12FN3O2/c14-10-2-1-8(5-9(10)6-15)7-16-11-3-4-12(18)17-13(11)19/h1-2,5,11,16H,3-4,7H2,(H,17,18,19). The van der Waals surface area contributed by atoms with E-state index in [0.717, 1.165) is 0 Å². The fourth-order valence-corrected chi connectivity index (χ4v) is 1.90. The minimum Gasteiger partial charge on any atom is -0.302 e. The molecular weight excluding hydrogens is 249 g/mol. The molecule has 0 aromatic heterocycles. The summed E-state index contributed by atoms with van der Waals surface area (Å²) < 4.78 is 13.1. The van der Waals surface area contributed by atoms with Crippen LogP contribution in [0, 0.1) is 17.1 Å². The predicted molar refractivity (Wildman–Crippen MR) is 64.1 cm³/mol. The van der Waals surface area contributed by atoms with Gasteiger partial charge in [0.2, 0.25) is 11.8 Å². The van der Waals surface area contributed by atoms with E-state index in [2.05, 4.69) is 10.6 Å². The molecule has 1 heterocycles. The summed E-state index contributed by atoms with van der Waals surface area (Å²) in [7, 11) is 0. The largest absolute Gasteiger partial charge is 0.302 e. The maximum atomic E-state index is 13.1. The lowest BCUT2D eigenvalue weighted by molar-refractivity contribution is -0.134. The van der Waals surface area contributed by atoms with E-state index < -0.39 is 11.9 Å². The van der Waals surface area contributed by atoms with Crippen LogP contribution in [0.3, 0.4) is 0 Å². The van der Waals surface area contributed by atoms with Crippen LogP contribution in [0.25, 0.3) is 0 Å². The molecule has 1 aromatic rings. The maximum absolute atomic E-state index is 13.1. The first-order chi connectivity index (χ1) is 9.10. The summed E-state index contributed by atoms with van der Waals surface area (Å²) in [5, 5.41) is 13.9. The molecule has 19 heavy (non-hydrogen) atoms. The second-order valence-electron chi connectivity index (χ2n) is 4.31. The Morgan fingerprint density at radius 1 is 1.47 bits per heavy atom. The van der Waals surface area contributed by atoms with Crippen LogP contribution in [-0.2, 0) is 16.1 Å². The minimum atomic E-state index is -0.563. The van der Waals surface area contributed by atoms with Crippen LogP contribution < -0.4 is 10.6 Å². The van der Waals surface area contributed by atoms with Gasteiger partial charge in [-0.25, -0.2) is 4.39 Å². The molecule has 6 heteroatoms. The highest BCUT2D eigenvalue weighted by Crippen LogP contribution is 2.11. The van der Waals surface area contributed by atoms with Gasteiger partial charge in [0.1, 0.15) is 11.9 Å². The van der Waals surface area contributed by atoms with E-state index in [4.69, 9.17) is 5.26 Å². The van der Waals surface area contributed by atoms with E-state index in [1.807, 2.05) is 0 Å². The third-order valence-electron chi connectivity index (χ3n) is 2.94. The van der Waals surface area contributed by atoms with E-state index in [1.54, 1.807) is 12.1 Å². The molecule has 1 aliphatic heterocycles. The van der Waals surface area contributed by atoms with Gasteiger partial charge in [-0.2, -0.15) is 5.26 Å². The van der Waals surface area contributed by atoms with Gasteiger partial charge in [-0.15, -0.1) is 0 Å². The summed E-state index contributed by atoms with van der Waals surface area (Å²) in [4.78, 5) is 22.5. The molecule has 0 saturated carbocycles. The van der Waals surface area contributed by atoms with Crippen LogP contribution in [0.5, 0.6) is 0 Å². The first-order valence-electron chi connectivity index (χ1n) is 5.86. The number of nitrogens with zero attached hydrogens (tertiary/aromatic N) is 1. The Labute approximate surface area is 109 Å². The molecule has 1 atom stereocenters. The number of carbonyl (C=O) groups excluding carboxylic acids is 2. The van der Waals surface area contributed by atoms with E-state index in [9.17, 15) is 14.0 Å². The van der Waals surface area contributed by atoms with Gasteiger partial charge >= 0.3 is 0 Å². The van der Waals surface area contributed by atoms with Crippen LogP contribution in [0.4, 0.5) is 4.39 Å². The zero-order valence-corrected chi connectivity index (χ0v) is 10.1. The van der Waals surface area contributed by atoms with Crippen molar-refractivity contribution >= 4 is 11.8 Å². The van der Waals surface area contributed by atoms with Crippen molar-refractivity contribution in [3.63, 3.8) is 0 Å². The number of nitrogens with one attached hydrogen (secondary N) is 2. The number of rotatable bonds is 3. The summed E-state index contributed by atoms with van der Waals surface area (Å²) in [6.45, 7) is 0.335. The fourth-order valence-electron chi connectivity index (χ4n) is 1.90. The van der Waals surface area contributed by atoms with Gasteiger partial charge in [0.25, 0.3) is 0 Å². The van der Waals surface area contributed by atoms with Crippen LogP contribution in [0.15, 0.2) is 18.2 Å². The predicted octanol–water partition coefficient (Wildman–Crippen LogP) is 0.592. The van der Waals surface area contributed by atoms with Crippen molar-refractivity contribution < 1.29 is 14.0 Å². The first-order valence-corrected chi connectivity index (χ1v) is 5.86. The monoisotopic (exact) mass is 261 g/mol. The molecule has 0 aliphatic carbocycles. The number of hydrogen-bond acceptors (Lipinski definition) is 4. The van der Waals surface area contributed by atoms with Crippen LogP contribution >= 0.6 is 0 Å². The Morgan fingerprint density at radius 2 is 2.26 bits per heavy atom. The number of imide groups is 1. The number of piperidine rings is 1. The lowest BCUT2D eigenvalue weighted by Crippen LogP contribution is -2.50. The Hall–Kier alpha value is -2.26. The summed E-state index contributed by atoms with van der Waals surface area (Å²) in [5.41, 5.74) is 0.685. The normalized spacial score (nSPS) is 18.8. The SMILES string of the molecule is N#Cc1cc(CNC2CCC(=O)NC2=O)ccc1F. The molecule has 2 N–H and O–H groups in total. The highest BCUT2D eigenvalue weighted by atomic mass is 19.1. The van der Waals surface area contributed by atoms with Gasteiger partial charge in [-0.3, -0.25) is 14.9 Å². The third-order valence-corrected chi connectivity index (χ3v) is 2.94. The molecule has 0 bridgehead atoms. The van der Waals surface area contributed by atoms with Crippen molar-refractivity contribution in [3.05, 3.63) is 35.1 Å².